The molecule has 0 unspecified atom stereocenters. The molecular weight excluding hydrogens is 236 g/mol. The Morgan fingerprint density at radius 2 is 2.28 bits per heavy atom. The molecule has 1 fully saturated rings. The van der Waals surface area contributed by atoms with Gasteiger partial charge in [-0.1, -0.05) is 20.3 Å². The average Bonchev–Trinajstić information content (AvgIpc) is 2.54. The van der Waals surface area contributed by atoms with Gasteiger partial charge in [-0.3, -0.25) is 14.4 Å². The van der Waals surface area contributed by atoms with Crippen molar-refractivity contribution in [1.29, 1.82) is 0 Å². The molecular formula is C12H22N2O4. The highest BCUT2D eigenvalue weighted by Crippen LogP contribution is 2.10. The lowest BCUT2D eigenvalue weighted by molar-refractivity contribution is -0.147. The fraction of sp³-hybridized carbons (Fsp3) is 0.833. The molecule has 0 aliphatic carbocycles. The minimum Gasteiger partial charge on any atom is -0.394 e. The van der Waals surface area contributed by atoms with Crippen LogP contribution in [0.4, 0.5) is 0 Å². The first-order chi connectivity index (χ1) is 8.54. The van der Waals surface area contributed by atoms with Crippen molar-refractivity contribution in [3.63, 3.8) is 0 Å². The van der Waals surface area contributed by atoms with Crippen LogP contribution in [0.2, 0.25) is 0 Å². The molecule has 0 saturated carbocycles. The lowest BCUT2D eigenvalue weighted by atomic mass is 10.1. The standard InChI is InChI=1S/C12H22N2O4/c1-8(2)10(7-15)18-14-12(17)9-5-3-4-6-11(16)13-9/h8-10,15H,3-7H2,1-2H3,(H,13,16)(H,14,17)/t9-,10+/m1/s1. The SMILES string of the molecule is CC(C)[C@H](CO)ONC(=O)[C@H]1CCCCC(=O)N1. The van der Waals surface area contributed by atoms with E-state index < -0.39 is 12.1 Å². The van der Waals surface area contributed by atoms with Crippen molar-refractivity contribution in [2.75, 3.05) is 6.61 Å². The van der Waals surface area contributed by atoms with Gasteiger partial charge in [-0.2, -0.15) is 0 Å². The number of carbonyl (C=O) groups is 2. The molecule has 0 spiro atoms. The van der Waals surface area contributed by atoms with Crippen molar-refractivity contribution >= 4 is 11.8 Å². The Hall–Kier alpha value is -1.14. The van der Waals surface area contributed by atoms with E-state index in [1.807, 2.05) is 13.8 Å². The topological polar surface area (TPSA) is 87.7 Å². The van der Waals surface area contributed by atoms with E-state index in [1.54, 1.807) is 0 Å². The van der Waals surface area contributed by atoms with Gasteiger partial charge >= 0.3 is 0 Å². The van der Waals surface area contributed by atoms with Gasteiger partial charge in [0.25, 0.3) is 5.91 Å². The van der Waals surface area contributed by atoms with Crippen LogP contribution in [0.25, 0.3) is 0 Å². The van der Waals surface area contributed by atoms with E-state index in [0.717, 1.165) is 12.8 Å². The molecule has 2 atom stereocenters. The number of amides is 2. The third-order valence-corrected chi connectivity index (χ3v) is 3.03. The van der Waals surface area contributed by atoms with Crippen LogP contribution in [0.3, 0.4) is 0 Å². The lowest BCUT2D eigenvalue weighted by Crippen LogP contribution is -2.47. The van der Waals surface area contributed by atoms with Gasteiger partial charge in [-0.05, 0) is 18.8 Å². The van der Waals surface area contributed by atoms with Gasteiger partial charge in [0.05, 0.1) is 6.61 Å². The fourth-order valence-electron chi connectivity index (χ4n) is 1.76. The lowest BCUT2D eigenvalue weighted by Gasteiger charge is -2.21. The van der Waals surface area contributed by atoms with Gasteiger partial charge in [0, 0.05) is 6.42 Å². The molecule has 0 aromatic carbocycles. The number of aliphatic hydroxyl groups excluding tert-OH is 1. The largest absolute Gasteiger partial charge is 0.394 e. The normalized spacial score (nSPS) is 22.2. The number of hydrogen-bond donors (Lipinski definition) is 3. The Kier molecular flexibility index (Phi) is 6.07. The van der Waals surface area contributed by atoms with Crippen LogP contribution in [0.1, 0.15) is 39.5 Å². The molecule has 1 rings (SSSR count). The van der Waals surface area contributed by atoms with Crippen molar-refractivity contribution in [2.45, 2.75) is 51.7 Å². The molecule has 1 saturated heterocycles. The molecule has 3 N–H and O–H groups in total. The van der Waals surface area contributed by atoms with E-state index in [0.29, 0.717) is 12.8 Å². The molecule has 104 valence electrons. The van der Waals surface area contributed by atoms with Crippen LogP contribution in [-0.4, -0.2) is 35.7 Å². The van der Waals surface area contributed by atoms with Crippen molar-refractivity contribution in [2.24, 2.45) is 5.92 Å². The second kappa shape index (κ2) is 7.33. The summed E-state index contributed by atoms with van der Waals surface area (Å²) in [6.45, 7) is 3.62. The Balaban J connectivity index is 2.41. The molecule has 2 amide bonds. The van der Waals surface area contributed by atoms with E-state index in [9.17, 15) is 9.59 Å². The van der Waals surface area contributed by atoms with E-state index in [1.165, 1.54) is 0 Å². The number of carbonyl (C=O) groups excluding carboxylic acids is 2. The minimum atomic E-state index is -0.536. The summed E-state index contributed by atoms with van der Waals surface area (Å²) in [5.74, 6) is -0.362. The second-order valence-electron chi connectivity index (χ2n) is 4.92. The minimum absolute atomic E-state index is 0.0963. The summed E-state index contributed by atoms with van der Waals surface area (Å²) < 4.78 is 0. The number of nitrogens with one attached hydrogen (secondary N) is 2. The van der Waals surface area contributed by atoms with Crippen LogP contribution >= 0.6 is 0 Å². The van der Waals surface area contributed by atoms with Gasteiger partial charge in [0.1, 0.15) is 12.1 Å². The smallest absolute Gasteiger partial charge is 0.266 e. The van der Waals surface area contributed by atoms with Crippen molar-refractivity contribution in [3.05, 3.63) is 0 Å². The Labute approximate surface area is 107 Å². The maximum absolute atomic E-state index is 11.8. The molecule has 6 nitrogen and oxygen atoms in total. The summed E-state index contributed by atoms with van der Waals surface area (Å²) in [5.41, 5.74) is 2.32. The molecule has 0 aromatic rings. The van der Waals surface area contributed by atoms with Crippen LogP contribution in [0.5, 0.6) is 0 Å². The second-order valence-corrected chi connectivity index (χ2v) is 4.92. The van der Waals surface area contributed by atoms with Crippen LogP contribution in [0, 0.1) is 5.92 Å². The van der Waals surface area contributed by atoms with Crippen LogP contribution < -0.4 is 10.8 Å². The van der Waals surface area contributed by atoms with Gasteiger partial charge in [0.2, 0.25) is 5.91 Å². The number of hydrogen-bond acceptors (Lipinski definition) is 4. The first-order valence-corrected chi connectivity index (χ1v) is 6.40. The van der Waals surface area contributed by atoms with Crippen molar-refractivity contribution < 1.29 is 19.5 Å². The van der Waals surface area contributed by atoms with Crippen molar-refractivity contribution in [1.82, 2.24) is 10.8 Å². The molecule has 6 heteroatoms. The molecule has 18 heavy (non-hydrogen) atoms. The van der Waals surface area contributed by atoms with E-state index in [4.69, 9.17) is 9.94 Å². The first kappa shape index (κ1) is 14.9. The van der Waals surface area contributed by atoms with E-state index in [-0.39, 0.29) is 24.3 Å². The number of hydroxylamine groups is 1. The van der Waals surface area contributed by atoms with Crippen molar-refractivity contribution in [3.8, 4) is 0 Å². The van der Waals surface area contributed by atoms with Gasteiger partial charge in [0.15, 0.2) is 0 Å². The highest BCUT2D eigenvalue weighted by atomic mass is 16.7. The van der Waals surface area contributed by atoms with Gasteiger partial charge < -0.3 is 10.4 Å². The molecule has 0 bridgehead atoms. The molecule has 0 radical (unpaired) electrons. The fourth-order valence-corrected chi connectivity index (χ4v) is 1.76. The summed E-state index contributed by atoms with van der Waals surface area (Å²) in [6, 6.07) is -0.536. The summed E-state index contributed by atoms with van der Waals surface area (Å²) in [7, 11) is 0. The summed E-state index contributed by atoms with van der Waals surface area (Å²) in [6.07, 6.45) is 2.30. The highest BCUT2D eigenvalue weighted by Gasteiger charge is 2.24. The van der Waals surface area contributed by atoms with Gasteiger partial charge in [-0.25, -0.2) is 5.48 Å². The Morgan fingerprint density at radius 3 is 2.89 bits per heavy atom. The maximum Gasteiger partial charge on any atom is 0.266 e. The molecule has 1 heterocycles. The molecule has 0 aromatic heterocycles. The summed E-state index contributed by atoms with van der Waals surface area (Å²) in [5, 5.41) is 11.7. The van der Waals surface area contributed by atoms with E-state index in [2.05, 4.69) is 10.8 Å². The zero-order chi connectivity index (χ0) is 13.5. The number of rotatable bonds is 5. The summed E-state index contributed by atoms with van der Waals surface area (Å²) >= 11 is 0. The third-order valence-electron chi connectivity index (χ3n) is 3.03. The zero-order valence-corrected chi connectivity index (χ0v) is 10.9. The van der Waals surface area contributed by atoms with Crippen LogP contribution in [-0.2, 0) is 14.4 Å². The third kappa shape index (κ3) is 4.62. The zero-order valence-electron chi connectivity index (χ0n) is 10.9. The maximum atomic E-state index is 11.8. The quantitative estimate of drug-likeness (QED) is 0.611. The first-order valence-electron chi connectivity index (χ1n) is 6.40. The van der Waals surface area contributed by atoms with E-state index >= 15 is 0 Å². The average molecular weight is 258 g/mol. The molecule has 1 aliphatic heterocycles. The Bertz CT molecular complexity index is 294. The van der Waals surface area contributed by atoms with Crippen LogP contribution in [0.15, 0.2) is 0 Å². The highest BCUT2D eigenvalue weighted by molar-refractivity contribution is 5.87. The molecule has 1 aliphatic rings. The number of aliphatic hydroxyl groups is 1. The van der Waals surface area contributed by atoms with Gasteiger partial charge in [-0.15, -0.1) is 0 Å². The monoisotopic (exact) mass is 258 g/mol. The predicted octanol–water partition coefficient (Wildman–Crippen LogP) is 0.110. The predicted molar refractivity (Wildman–Crippen MR) is 65.3 cm³/mol. The summed E-state index contributed by atoms with van der Waals surface area (Å²) in [4.78, 5) is 28.3. The Morgan fingerprint density at radius 1 is 1.56 bits per heavy atom.